The summed E-state index contributed by atoms with van der Waals surface area (Å²) in [4.78, 5) is 10.7. The van der Waals surface area contributed by atoms with E-state index < -0.39 is 21.5 Å². The molecule has 1 fully saturated rings. The van der Waals surface area contributed by atoms with Gasteiger partial charge in [-0.3, -0.25) is 4.79 Å². The summed E-state index contributed by atoms with van der Waals surface area (Å²) in [6.07, 6.45) is 0.779. The van der Waals surface area contributed by atoms with Crippen LogP contribution < -0.4 is 4.72 Å². The molecule has 0 bridgehead atoms. The molecule has 0 unspecified atom stereocenters. The number of thiophene rings is 1. The van der Waals surface area contributed by atoms with E-state index in [0.717, 1.165) is 11.3 Å². The Labute approximate surface area is 124 Å². The number of aliphatic carboxylic acids is 1. The molecule has 0 spiro atoms. The molecule has 2 N–H and O–H groups in total. The van der Waals surface area contributed by atoms with Crippen molar-refractivity contribution in [2.75, 3.05) is 0 Å². The minimum Gasteiger partial charge on any atom is -0.481 e. The molecule has 1 aromatic rings. The lowest BCUT2D eigenvalue weighted by Gasteiger charge is -2.15. The molecular weight excluding hydrogens is 333 g/mol. The van der Waals surface area contributed by atoms with Gasteiger partial charge in [0.15, 0.2) is 0 Å². The van der Waals surface area contributed by atoms with Crippen molar-refractivity contribution >= 4 is 50.5 Å². The van der Waals surface area contributed by atoms with Gasteiger partial charge in [-0.05, 0) is 19.8 Å². The van der Waals surface area contributed by atoms with Crippen LogP contribution in [-0.4, -0.2) is 25.0 Å². The molecule has 1 saturated carbocycles. The summed E-state index contributed by atoms with van der Waals surface area (Å²) in [5.41, 5.74) is -0.496. The average Bonchev–Trinajstić information content (AvgIpc) is 2.87. The van der Waals surface area contributed by atoms with E-state index >= 15 is 0 Å². The molecule has 0 amide bonds. The minimum atomic E-state index is -3.86. The summed E-state index contributed by atoms with van der Waals surface area (Å²) >= 11 is 12.7. The first-order valence-electron chi connectivity index (χ1n) is 5.37. The fourth-order valence-electron chi connectivity index (χ4n) is 1.84. The lowest BCUT2D eigenvalue weighted by molar-refractivity contribution is -0.137. The Morgan fingerprint density at radius 2 is 2.00 bits per heavy atom. The van der Waals surface area contributed by atoms with Crippen molar-refractivity contribution in [2.24, 2.45) is 0 Å². The Kier molecular flexibility index (Phi) is 3.88. The highest BCUT2D eigenvalue weighted by Crippen LogP contribution is 2.43. The van der Waals surface area contributed by atoms with Gasteiger partial charge in [0, 0.05) is 11.1 Å². The molecule has 2 rings (SSSR count). The summed E-state index contributed by atoms with van der Waals surface area (Å²) in [6.45, 7) is 1.57. The van der Waals surface area contributed by atoms with Gasteiger partial charge in [-0.15, -0.1) is 11.3 Å². The van der Waals surface area contributed by atoms with Crippen molar-refractivity contribution in [1.29, 1.82) is 0 Å². The minimum absolute atomic E-state index is 0.0548. The van der Waals surface area contributed by atoms with Gasteiger partial charge in [0.25, 0.3) is 0 Å². The number of sulfonamides is 1. The van der Waals surface area contributed by atoms with Crippen LogP contribution in [0.4, 0.5) is 0 Å². The van der Waals surface area contributed by atoms with Crippen molar-refractivity contribution < 1.29 is 18.3 Å². The van der Waals surface area contributed by atoms with Crippen LogP contribution in [0.5, 0.6) is 0 Å². The quantitative estimate of drug-likeness (QED) is 0.860. The first kappa shape index (κ1) is 15.1. The molecule has 0 radical (unpaired) electrons. The molecule has 0 atom stereocenters. The molecule has 0 aliphatic heterocycles. The largest absolute Gasteiger partial charge is 0.481 e. The smallest absolute Gasteiger partial charge is 0.305 e. The zero-order valence-electron chi connectivity index (χ0n) is 9.87. The number of nitrogens with one attached hydrogen (secondary N) is 1. The van der Waals surface area contributed by atoms with Crippen molar-refractivity contribution in [3.8, 4) is 0 Å². The van der Waals surface area contributed by atoms with Crippen LogP contribution in [0.25, 0.3) is 0 Å². The number of carboxylic acid groups (broad SMARTS) is 1. The highest BCUT2D eigenvalue weighted by atomic mass is 35.5. The van der Waals surface area contributed by atoms with E-state index in [1.54, 1.807) is 6.92 Å². The Balaban J connectivity index is 2.31. The Bertz CT molecular complexity index is 634. The van der Waals surface area contributed by atoms with Gasteiger partial charge in [0.2, 0.25) is 10.0 Å². The van der Waals surface area contributed by atoms with E-state index in [1.165, 1.54) is 0 Å². The summed E-state index contributed by atoms with van der Waals surface area (Å²) in [5, 5.41) is 8.79. The molecule has 1 aliphatic carbocycles. The molecule has 9 heteroatoms. The van der Waals surface area contributed by atoms with Crippen molar-refractivity contribution in [3.05, 3.63) is 14.2 Å². The summed E-state index contributed by atoms with van der Waals surface area (Å²) in [7, 11) is -3.86. The van der Waals surface area contributed by atoms with Gasteiger partial charge in [-0.2, -0.15) is 0 Å². The van der Waals surface area contributed by atoms with Gasteiger partial charge in [-0.25, -0.2) is 13.1 Å². The second-order valence-electron chi connectivity index (χ2n) is 4.56. The zero-order chi connectivity index (χ0) is 14.4. The molecule has 106 valence electrons. The maximum Gasteiger partial charge on any atom is 0.305 e. The van der Waals surface area contributed by atoms with Crippen LogP contribution >= 0.6 is 34.5 Å². The first-order valence-corrected chi connectivity index (χ1v) is 8.43. The Hall–Kier alpha value is -0.340. The maximum absolute atomic E-state index is 12.3. The predicted octanol–water partition coefficient (Wildman–Crippen LogP) is 2.65. The van der Waals surface area contributed by atoms with E-state index in [-0.39, 0.29) is 15.7 Å². The molecule has 19 heavy (non-hydrogen) atoms. The average molecular weight is 344 g/mol. The standard InChI is InChI=1S/C10H11Cl2NO4S2/c1-5-7(9(12)18-8(5)11)19(16,17)13-10(2-3-10)4-6(14)15/h13H,2-4H2,1H3,(H,14,15). The number of halogens is 2. The normalized spacial score (nSPS) is 17.4. The van der Waals surface area contributed by atoms with E-state index in [4.69, 9.17) is 28.3 Å². The van der Waals surface area contributed by atoms with Crippen LogP contribution in [0.2, 0.25) is 8.67 Å². The number of hydrogen-bond acceptors (Lipinski definition) is 4. The molecule has 0 saturated heterocycles. The van der Waals surface area contributed by atoms with E-state index in [0.29, 0.717) is 22.7 Å². The van der Waals surface area contributed by atoms with Crippen molar-refractivity contribution in [3.63, 3.8) is 0 Å². The molecule has 1 aromatic heterocycles. The lowest BCUT2D eigenvalue weighted by atomic mass is 10.2. The van der Waals surface area contributed by atoms with E-state index in [2.05, 4.69) is 4.72 Å². The van der Waals surface area contributed by atoms with Crippen LogP contribution in [-0.2, 0) is 14.8 Å². The number of rotatable bonds is 5. The van der Waals surface area contributed by atoms with E-state index in [9.17, 15) is 13.2 Å². The van der Waals surface area contributed by atoms with Gasteiger partial charge in [-0.1, -0.05) is 23.2 Å². The van der Waals surface area contributed by atoms with Gasteiger partial charge >= 0.3 is 5.97 Å². The number of carboxylic acids is 1. The summed E-state index contributed by atoms with van der Waals surface area (Å²) in [6, 6.07) is 0. The second kappa shape index (κ2) is 4.89. The zero-order valence-corrected chi connectivity index (χ0v) is 13.0. The lowest BCUT2D eigenvalue weighted by Crippen LogP contribution is -2.38. The third-order valence-electron chi connectivity index (χ3n) is 2.96. The van der Waals surface area contributed by atoms with Crippen LogP contribution in [0, 0.1) is 6.92 Å². The third kappa shape index (κ3) is 3.05. The van der Waals surface area contributed by atoms with Gasteiger partial charge in [0.05, 0.1) is 10.8 Å². The highest BCUT2D eigenvalue weighted by molar-refractivity contribution is 7.90. The van der Waals surface area contributed by atoms with Gasteiger partial charge in [0.1, 0.15) is 9.23 Å². The topological polar surface area (TPSA) is 83.5 Å². The third-order valence-corrected chi connectivity index (χ3v) is 6.75. The molecular formula is C10H11Cl2NO4S2. The van der Waals surface area contributed by atoms with Crippen LogP contribution in [0.1, 0.15) is 24.8 Å². The fraction of sp³-hybridized carbons (Fsp3) is 0.500. The molecule has 1 aliphatic rings. The molecule has 0 aromatic carbocycles. The monoisotopic (exact) mass is 343 g/mol. The highest BCUT2D eigenvalue weighted by Gasteiger charge is 2.48. The predicted molar refractivity (Wildman–Crippen MR) is 73.6 cm³/mol. The maximum atomic E-state index is 12.3. The number of hydrogen-bond donors (Lipinski definition) is 2. The molecule has 5 nitrogen and oxygen atoms in total. The van der Waals surface area contributed by atoms with Crippen LogP contribution in [0.15, 0.2) is 4.90 Å². The Morgan fingerprint density at radius 1 is 1.42 bits per heavy atom. The first-order chi connectivity index (χ1) is 8.67. The number of carbonyl (C=O) groups is 1. The van der Waals surface area contributed by atoms with E-state index in [1.807, 2.05) is 0 Å². The fourth-order valence-corrected chi connectivity index (χ4v) is 5.86. The SMILES string of the molecule is Cc1c(Cl)sc(Cl)c1S(=O)(=O)NC1(CC(=O)O)CC1. The second-order valence-corrected chi connectivity index (χ2v) is 8.40. The molecule has 1 heterocycles. The van der Waals surface area contributed by atoms with Crippen molar-refractivity contribution in [1.82, 2.24) is 4.72 Å². The summed E-state index contributed by atoms with van der Waals surface area (Å²) < 4.78 is 27.4. The van der Waals surface area contributed by atoms with Gasteiger partial charge < -0.3 is 5.11 Å². The van der Waals surface area contributed by atoms with Crippen molar-refractivity contribution in [2.45, 2.75) is 36.6 Å². The Morgan fingerprint density at radius 3 is 2.37 bits per heavy atom. The van der Waals surface area contributed by atoms with Crippen LogP contribution in [0.3, 0.4) is 0 Å². The summed E-state index contributed by atoms with van der Waals surface area (Å²) in [5.74, 6) is -1.04.